The molecule has 1 unspecified atom stereocenters. The van der Waals surface area contributed by atoms with Gasteiger partial charge in [-0.2, -0.15) is 0 Å². The molecular formula is C16H21ClN2O2. The maximum Gasteiger partial charge on any atom is 0.257 e. The first kappa shape index (κ1) is 14.7. The fraction of sp³-hybridized carbons (Fsp3) is 0.562. The highest BCUT2D eigenvalue weighted by molar-refractivity contribution is 6.30. The first-order chi connectivity index (χ1) is 10.1. The number of amides is 1. The van der Waals surface area contributed by atoms with Gasteiger partial charge in [0.15, 0.2) is 0 Å². The van der Waals surface area contributed by atoms with E-state index >= 15 is 0 Å². The predicted molar refractivity (Wildman–Crippen MR) is 82.8 cm³/mol. The molecule has 2 aliphatic heterocycles. The molecule has 114 valence electrons. The molecule has 2 saturated heterocycles. The highest BCUT2D eigenvalue weighted by atomic mass is 35.5. The van der Waals surface area contributed by atoms with E-state index in [4.69, 9.17) is 11.6 Å². The number of benzene rings is 1. The number of phenolic OH excluding ortho intramolecular Hbond substituents is 1. The lowest BCUT2D eigenvalue weighted by molar-refractivity contribution is 0.0671. The van der Waals surface area contributed by atoms with Crippen LogP contribution in [0.2, 0.25) is 5.02 Å². The number of nitrogens with one attached hydrogen (secondary N) is 1. The van der Waals surface area contributed by atoms with Gasteiger partial charge in [-0.3, -0.25) is 4.79 Å². The minimum atomic E-state index is -0.0954. The van der Waals surface area contributed by atoms with Crippen LogP contribution in [0.3, 0.4) is 0 Å². The molecule has 0 spiro atoms. The number of aromatic hydroxyl groups is 1. The fourth-order valence-electron chi connectivity index (χ4n) is 3.47. The molecule has 0 radical (unpaired) electrons. The third-order valence-corrected chi connectivity index (χ3v) is 4.92. The topological polar surface area (TPSA) is 52.6 Å². The summed E-state index contributed by atoms with van der Waals surface area (Å²) in [5.41, 5.74) is 0.344. The third-order valence-electron chi connectivity index (χ3n) is 4.68. The Hall–Kier alpha value is -1.26. The zero-order valence-electron chi connectivity index (χ0n) is 12.0. The number of carbonyl (C=O) groups is 1. The van der Waals surface area contributed by atoms with Crippen LogP contribution in [-0.2, 0) is 0 Å². The van der Waals surface area contributed by atoms with Crippen LogP contribution in [0.4, 0.5) is 0 Å². The molecule has 0 aromatic heterocycles. The lowest BCUT2D eigenvalue weighted by Crippen LogP contribution is -2.43. The second kappa shape index (κ2) is 6.24. The van der Waals surface area contributed by atoms with Gasteiger partial charge < -0.3 is 15.3 Å². The highest BCUT2D eigenvalue weighted by Crippen LogP contribution is 2.28. The second-order valence-corrected chi connectivity index (χ2v) is 6.43. The average molecular weight is 309 g/mol. The predicted octanol–water partition coefficient (Wildman–Crippen LogP) is 2.65. The number of hydrogen-bond donors (Lipinski definition) is 2. The molecule has 2 fully saturated rings. The van der Waals surface area contributed by atoms with Crippen molar-refractivity contribution < 1.29 is 9.90 Å². The van der Waals surface area contributed by atoms with Gasteiger partial charge in [-0.25, -0.2) is 0 Å². The molecule has 4 nitrogen and oxygen atoms in total. The highest BCUT2D eigenvalue weighted by Gasteiger charge is 2.30. The van der Waals surface area contributed by atoms with Crippen LogP contribution in [0.25, 0.3) is 0 Å². The van der Waals surface area contributed by atoms with Crippen LogP contribution in [0, 0.1) is 5.92 Å². The zero-order chi connectivity index (χ0) is 14.8. The minimum absolute atomic E-state index is 0.0351. The quantitative estimate of drug-likeness (QED) is 0.883. The largest absolute Gasteiger partial charge is 0.507 e. The summed E-state index contributed by atoms with van der Waals surface area (Å²) in [5.74, 6) is 0.546. The van der Waals surface area contributed by atoms with E-state index in [1.165, 1.54) is 18.9 Å². The summed E-state index contributed by atoms with van der Waals surface area (Å²) in [6.07, 6.45) is 4.61. The SMILES string of the molecule is O=C(c1ccc(Cl)cc1O)N1CCC(C2CCCN2)CC1. The van der Waals surface area contributed by atoms with Gasteiger partial charge in [-0.05, 0) is 56.3 Å². The molecule has 2 aliphatic rings. The number of halogens is 1. The lowest BCUT2D eigenvalue weighted by Gasteiger charge is -2.35. The Kier molecular flexibility index (Phi) is 4.36. The van der Waals surface area contributed by atoms with E-state index in [1.54, 1.807) is 12.1 Å². The molecule has 3 rings (SSSR count). The van der Waals surface area contributed by atoms with Gasteiger partial charge in [0.25, 0.3) is 5.91 Å². The molecule has 1 aromatic rings. The molecule has 0 saturated carbocycles. The Balaban J connectivity index is 1.62. The Bertz CT molecular complexity index is 521. The van der Waals surface area contributed by atoms with E-state index in [2.05, 4.69) is 5.32 Å². The van der Waals surface area contributed by atoms with Crippen molar-refractivity contribution in [3.05, 3.63) is 28.8 Å². The number of hydrogen-bond acceptors (Lipinski definition) is 3. The van der Waals surface area contributed by atoms with Crippen LogP contribution in [0.1, 0.15) is 36.0 Å². The molecule has 1 aromatic carbocycles. The molecule has 1 amide bonds. The molecule has 0 aliphatic carbocycles. The van der Waals surface area contributed by atoms with Gasteiger partial charge in [0, 0.05) is 24.2 Å². The van der Waals surface area contributed by atoms with E-state index in [0.29, 0.717) is 22.5 Å². The molecule has 5 heteroatoms. The van der Waals surface area contributed by atoms with E-state index in [9.17, 15) is 9.90 Å². The lowest BCUT2D eigenvalue weighted by atomic mass is 9.88. The molecular weight excluding hydrogens is 288 g/mol. The van der Waals surface area contributed by atoms with E-state index in [-0.39, 0.29) is 11.7 Å². The Labute approximate surface area is 130 Å². The summed E-state index contributed by atoms with van der Waals surface area (Å²) in [4.78, 5) is 14.3. The Morgan fingerprint density at radius 1 is 1.29 bits per heavy atom. The first-order valence-electron chi connectivity index (χ1n) is 7.66. The maximum absolute atomic E-state index is 12.5. The van der Waals surface area contributed by atoms with Crippen molar-refractivity contribution in [3.8, 4) is 5.75 Å². The van der Waals surface area contributed by atoms with Crippen molar-refractivity contribution in [1.82, 2.24) is 10.2 Å². The average Bonchev–Trinajstić information content (AvgIpc) is 3.01. The van der Waals surface area contributed by atoms with Gasteiger partial charge in [0.2, 0.25) is 0 Å². The number of phenols is 1. The van der Waals surface area contributed by atoms with Crippen molar-refractivity contribution in [2.45, 2.75) is 31.7 Å². The smallest absolute Gasteiger partial charge is 0.257 e. The van der Waals surface area contributed by atoms with E-state index in [0.717, 1.165) is 32.5 Å². The zero-order valence-corrected chi connectivity index (χ0v) is 12.8. The Morgan fingerprint density at radius 2 is 2.05 bits per heavy atom. The van der Waals surface area contributed by atoms with E-state index < -0.39 is 0 Å². The van der Waals surface area contributed by atoms with Crippen LogP contribution in [0.5, 0.6) is 5.75 Å². The van der Waals surface area contributed by atoms with Crippen molar-refractivity contribution in [1.29, 1.82) is 0 Å². The summed E-state index contributed by atoms with van der Waals surface area (Å²) >= 11 is 5.81. The standard InChI is InChI=1S/C16H21ClN2O2/c17-12-3-4-13(15(20)10-12)16(21)19-8-5-11(6-9-19)14-2-1-7-18-14/h3-4,10-11,14,18,20H,1-2,5-9H2. The number of rotatable bonds is 2. The molecule has 0 bridgehead atoms. The Morgan fingerprint density at radius 3 is 2.67 bits per heavy atom. The van der Waals surface area contributed by atoms with Gasteiger partial charge in [0.1, 0.15) is 5.75 Å². The van der Waals surface area contributed by atoms with Crippen LogP contribution in [-0.4, -0.2) is 41.6 Å². The summed E-state index contributed by atoms with van der Waals surface area (Å²) < 4.78 is 0. The molecule has 2 heterocycles. The van der Waals surface area contributed by atoms with Gasteiger partial charge in [0.05, 0.1) is 5.56 Å². The monoisotopic (exact) mass is 308 g/mol. The molecule has 2 N–H and O–H groups in total. The van der Waals surface area contributed by atoms with Crippen LogP contribution in [0.15, 0.2) is 18.2 Å². The van der Waals surface area contributed by atoms with Gasteiger partial charge in [-0.1, -0.05) is 11.6 Å². The van der Waals surface area contributed by atoms with Crippen molar-refractivity contribution in [3.63, 3.8) is 0 Å². The van der Waals surface area contributed by atoms with Crippen LogP contribution >= 0.6 is 11.6 Å². The fourth-order valence-corrected chi connectivity index (χ4v) is 3.64. The van der Waals surface area contributed by atoms with Crippen molar-refractivity contribution in [2.75, 3.05) is 19.6 Å². The van der Waals surface area contributed by atoms with Crippen molar-refractivity contribution in [2.24, 2.45) is 5.92 Å². The maximum atomic E-state index is 12.5. The van der Waals surface area contributed by atoms with Crippen molar-refractivity contribution >= 4 is 17.5 Å². The summed E-state index contributed by atoms with van der Waals surface area (Å²) in [6, 6.07) is 5.30. The van der Waals surface area contributed by atoms with E-state index in [1.807, 2.05) is 4.90 Å². The summed E-state index contributed by atoms with van der Waals surface area (Å²) in [5, 5.41) is 13.9. The number of nitrogens with zero attached hydrogens (tertiary/aromatic N) is 1. The number of piperidine rings is 1. The van der Waals surface area contributed by atoms with Gasteiger partial charge >= 0.3 is 0 Å². The second-order valence-electron chi connectivity index (χ2n) is 5.99. The minimum Gasteiger partial charge on any atom is -0.507 e. The van der Waals surface area contributed by atoms with Gasteiger partial charge in [-0.15, -0.1) is 0 Å². The number of likely N-dealkylation sites (tertiary alicyclic amines) is 1. The molecule has 21 heavy (non-hydrogen) atoms. The number of carbonyl (C=O) groups excluding carboxylic acids is 1. The first-order valence-corrected chi connectivity index (χ1v) is 8.04. The normalized spacial score (nSPS) is 23.5. The summed E-state index contributed by atoms with van der Waals surface area (Å²) in [7, 11) is 0. The third kappa shape index (κ3) is 3.16. The molecule has 1 atom stereocenters. The summed E-state index contributed by atoms with van der Waals surface area (Å²) in [6.45, 7) is 2.66. The van der Waals surface area contributed by atoms with Crippen LogP contribution < -0.4 is 5.32 Å².